The van der Waals surface area contributed by atoms with Gasteiger partial charge >= 0.3 is 0 Å². The molecular formula is C11H9ClN2O2. The van der Waals surface area contributed by atoms with Crippen molar-refractivity contribution in [3.63, 3.8) is 0 Å². The number of halogens is 1. The third kappa shape index (κ3) is 1.30. The molecule has 82 valence electrons. The minimum Gasteiger partial charge on any atom is -0.460 e. The largest absolute Gasteiger partial charge is 0.460 e. The van der Waals surface area contributed by atoms with E-state index < -0.39 is 0 Å². The van der Waals surface area contributed by atoms with Crippen LogP contribution >= 0.6 is 11.6 Å². The van der Waals surface area contributed by atoms with Crippen LogP contribution in [-0.2, 0) is 6.54 Å². The topological polar surface area (TPSA) is 44.1 Å². The maximum Gasteiger partial charge on any atom is 0.300 e. The summed E-state index contributed by atoms with van der Waals surface area (Å²) < 4.78 is 7.00. The fourth-order valence-corrected chi connectivity index (χ4v) is 2.07. The van der Waals surface area contributed by atoms with Crippen molar-refractivity contribution in [1.29, 1.82) is 0 Å². The molecule has 0 amide bonds. The Bertz CT molecular complexity index is 636. The van der Waals surface area contributed by atoms with Crippen LogP contribution in [0.2, 0.25) is 5.02 Å². The van der Waals surface area contributed by atoms with E-state index in [-0.39, 0.29) is 11.7 Å². The van der Waals surface area contributed by atoms with Gasteiger partial charge in [0.25, 0.3) is 11.6 Å². The smallest absolute Gasteiger partial charge is 0.300 e. The normalized spacial score (nSPS) is 18.5. The lowest BCUT2D eigenvalue weighted by Gasteiger charge is -2.02. The maximum absolute atomic E-state index is 12.1. The van der Waals surface area contributed by atoms with E-state index in [0.29, 0.717) is 28.5 Å². The Hall–Kier alpha value is -1.55. The average molecular weight is 237 g/mol. The Balaban J connectivity index is 2.38. The first kappa shape index (κ1) is 9.66. The molecule has 16 heavy (non-hydrogen) atoms. The van der Waals surface area contributed by atoms with Crippen LogP contribution in [0.1, 0.15) is 6.92 Å². The summed E-state index contributed by atoms with van der Waals surface area (Å²) in [5, 5.41) is 1.14. The predicted molar refractivity (Wildman–Crippen MR) is 61.1 cm³/mol. The molecule has 1 unspecified atom stereocenters. The molecule has 0 radical (unpaired) electrons. The van der Waals surface area contributed by atoms with E-state index in [2.05, 4.69) is 4.98 Å². The number of rotatable bonds is 0. The van der Waals surface area contributed by atoms with Crippen molar-refractivity contribution in [1.82, 2.24) is 9.55 Å². The zero-order chi connectivity index (χ0) is 11.3. The zero-order valence-corrected chi connectivity index (χ0v) is 9.36. The summed E-state index contributed by atoms with van der Waals surface area (Å²) in [5.41, 5.74) is 0.513. The van der Waals surface area contributed by atoms with E-state index in [1.165, 1.54) is 0 Å². The van der Waals surface area contributed by atoms with Crippen molar-refractivity contribution < 1.29 is 4.74 Å². The van der Waals surface area contributed by atoms with Gasteiger partial charge in [0.05, 0.1) is 17.4 Å². The molecule has 0 spiro atoms. The van der Waals surface area contributed by atoms with Gasteiger partial charge in [0, 0.05) is 5.02 Å². The van der Waals surface area contributed by atoms with Gasteiger partial charge in [-0.2, -0.15) is 4.98 Å². The lowest BCUT2D eigenvalue weighted by atomic mass is 10.2. The van der Waals surface area contributed by atoms with Gasteiger partial charge in [-0.1, -0.05) is 11.6 Å². The number of hydrogen-bond acceptors (Lipinski definition) is 3. The molecule has 0 saturated heterocycles. The fraction of sp³-hybridized carbons (Fsp3) is 0.273. The minimum absolute atomic E-state index is 0.00696. The number of aromatic nitrogens is 2. The van der Waals surface area contributed by atoms with Crippen LogP contribution in [0.15, 0.2) is 23.0 Å². The van der Waals surface area contributed by atoms with E-state index in [0.717, 1.165) is 0 Å². The van der Waals surface area contributed by atoms with Gasteiger partial charge in [-0.15, -0.1) is 0 Å². The van der Waals surface area contributed by atoms with Crippen LogP contribution in [0.4, 0.5) is 0 Å². The molecule has 1 aliphatic heterocycles. The van der Waals surface area contributed by atoms with Crippen molar-refractivity contribution in [3.8, 4) is 6.01 Å². The molecule has 1 atom stereocenters. The van der Waals surface area contributed by atoms with Gasteiger partial charge in [-0.25, -0.2) is 0 Å². The van der Waals surface area contributed by atoms with Gasteiger partial charge in [0.1, 0.15) is 6.10 Å². The van der Waals surface area contributed by atoms with Crippen molar-refractivity contribution in [3.05, 3.63) is 33.6 Å². The van der Waals surface area contributed by atoms with Crippen molar-refractivity contribution >= 4 is 22.5 Å². The van der Waals surface area contributed by atoms with Gasteiger partial charge in [-0.05, 0) is 25.1 Å². The molecule has 5 heteroatoms. The SMILES string of the molecule is CC1Cn2c(nc3cc(Cl)ccc3c2=O)O1. The van der Waals surface area contributed by atoms with Crippen LogP contribution in [0, 0.1) is 0 Å². The molecule has 0 saturated carbocycles. The highest BCUT2D eigenvalue weighted by molar-refractivity contribution is 6.31. The Morgan fingerprint density at radius 1 is 1.56 bits per heavy atom. The van der Waals surface area contributed by atoms with Crippen molar-refractivity contribution in [2.24, 2.45) is 0 Å². The molecule has 0 bridgehead atoms. The molecule has 4 nitrogen and oxygen atoms in total. The molecule has 2 aromatic rings. The number of nitrogens with zero attached hydrogens (tertiary/aromatic N) is 2. The lowest BCUT2D eigenvalue weighted by Crippen LogP contribution is -2.19. The molecule has 1 aromatic heterocycles. The second-order valence-corrected chi connectivity index (χ2v) is 4.34. The summed E-state index contributed by atoms with van der Waals surface area (Å²) in [6, 6.07) is 5.45. The molecule has 3 rings (SSSR count). The summed E-state index contributed by atoms with van der Waals surface area (Å²) in [6.07, 6.45) is -0.00696. The first-order chi connectivity index (χ1) is 7.65. The number of fused-ring (bicyclic) bond motifs is 2. The molecular weight excluding hydrogens is 228 g/mol. The minimum atomic E-state index is -0.0685. The molecule has 1 aliphatic rings. The van der Waals surface area contributed by atoms with E-state index >= 15 is 0 Å². The first-order valence-corrected chi connectivity index (χ1v) is 5.40. The van der Waals surface area contributed by atoms with Crippen molar-refractivity contribution in [2.45, 2.75) is 19.6 Å². The predicted octanol–water partition coefficient (Wildman–Crippen LogP) is 1.83. The molecule has 2 heterocycles. The van der Waals surface area contributed by atoms with Crippen LogP contribution < -0.4 is 10.3 Å². The number of benzene rings is 1. The van der Waals surface area contributed by atoms with Crippen molar-refractivity contribution in [2.75, 3.05) is 0 Å². The standard InChI is InChI=1S/C11H9ClN2O2/c1-6-5-14-10(15)8-3-2-7(12)4-9(8)13-11(14)16-6/h2-4,6H,5H2,1H3. The lowest BCUT2D eigenvalue weighted by molar-refractivity contribution is 0.246. The monoisotopic (exact) mass is 236 g/mol. The van der Waals surface area contributed by atoms with Gasteiger partial charge in [0.15, 0.2) is 0 Å². The maximum atomic E-state index is 12.1. The van der Waals surface area contributed by atoms with Gasteiger partial charge < -0.3 is 4.74 Å². The Labute approximate surface area is 96.4 Å². The third-order valence-electron chi connectivity index (χ3n) is 2.63. The van der Waals surface area contributed by atoms with Gasteiger partial charge in [0.2, 0.25) is 0 Å². The fourth-order valence-electron chi connectivity index (χ4n) is 1.90. The highest BCUT2D eigenvalue weighted by Crippen LogP contribution is 2.21. The summed E-state index contributed by atoms with van der Waals surface area (Å²) >= 11 is 5.86. The van der Waals surface area contributed by atoms with Crippen LogP contribution in [-0.4, -0.2) is 15.7 Å². The van der Waals surface area contributed by atoms with E-state index in [1.807, 2.05) is 6.92 Å². The summed E-state index contributed by atoms with van der Waals surface area (Å²) in [6.45, 7) is 2.46. The highest BCUT2D eigenvalue weighted by atomic mass is 35.5. The van der Waals surface area contributed by atoms with E-state index in [4.69, 9.17) is 16.3 Å². The quantitative estimate of drug-likeness (QED) is 0.701. The second-order valence-electron chi connectivity index (χ2n) is 3.90. The molecule has 0 N–H and O–H groups in total. The Morgan fingerprint density at radius 3 is 3.19 bits per heavy atom. The van der Waals surface area contributed by atoms with Gasteiger partial charge in [-0.3, -0.25) is 9.36 Å². The summed E-state index contributed by atoms with van der Waals surface area (Å²) in [4.78, 5) is 16.4. The summed E-state index contributed by atoms with van der Waals surface area (Å²) in [7, 11) is 0. The average Bonchev–Trinajstić information content (AvgIpc) is 2.59. The van der Waals surface area contributed by atoms with E-state index in [1.54, 1.807) is 22.8 Å². The third-order valence-corrected chi connectivity index (χ3v) is 2.86. The number of hydrogen-bond donors (Lipinski definition) is 0. The van der Waals surface area contributed by atoms with E-state index in [9.17, 15) is 4.79 Å². The molecule has 0 fully saturated rings. The van der Waals surface area contributed by atoms with Crippen LogP contribution in [0.3, 0.4) is 0 Å². The highest BCUT2D eigenvalue weighted by Gasteiger charge is 2.22. The summed E-state index contributed by atoms with van der Waals surface area (Å²) in [5.74, 6) is 0. The van der Waals surface area contributed by atoms with Crippen LogP contribution in [0.25, 0.3) is 10.9 Å². The Kier molecular flexibility index (Phi) is 1.94. The zero-order valence-electron chi connectivity index (χ0n) is 8.61. The Morgan fingerprint density at radius 2 is 2.38 bits per heavy atom. The molecule has 1 aromatic carbocycles. The first-order valence-electron chi connectivity index (χ1n) is 5.02. The second kappa shape index (κ2) is 3.22. The molecule has 0 aliphatic carbocycles. The number of ether oxygens (including phenoxy) is 1. The van der Waals surface area contributed by atoms with Crippen LogP contribution in [0.5, 0.6) is 6.01 Å².